The molecule has 2 aliphatic rings. The molecule has 10 heteroatoms. The fourth-order valence-corrected chi connectivity index (χ4v) is 5.82. The summed E-state index contributed by atoms with van der Waals surface area (Å²) >= 11 is 1.51. The number of nitrogens with zero attached hydrogens (tertiary/aromatic N) is 4. The SMILES string of the molecule is CN(CCc1ccc([N+](=O)[O-])cc1)C(=O)c1csc(C2CCN(C(=O)NCCC3=CCCCC3)CC2)n1. The van der Waals surface area contributed by atoms with Crippen LogP contribution in [0.2, 0.25) is 0 Å². The van der Waals surface area contributed by atoms with E-state index in [9.17, 15) is 19.7 Å². The molecular formula is C27H35N5O4S. The van der Waals surface area contributed by atoms with Crippen molar-refractivity contribution in [2.75, 3.05) is 33.2 Å². The second-order valence-corrected chi connectivity index (χ2v) is 10.7. The lowest BCUT2D eigenvalue weighted by molar-refractivity contribution is -0.384. The summed E-state index contributed by atoms with van der Waals surface area (Å²) in [7, 11) is 1.74. The summed E-state index contributed by atoms with van der Waals surface area (Å²) in [5.41, 5.74) is 2.91. The van der Waals surface area contributed by atoms with E-state index >= 15 is 0 Å². The van der Waals surface area contributed by atoms with Crippen LogP contribution in [0.5, 0.6) is 0 Å². The van der Waals surface area contributed by atoms with Gasteiger partial charge in [0.15, 0.2) is 0 Å². The summed E-state index contributed by atoms with van der Waals surface area (Å²) in [6.07, 6.45) is 10.4. The number of hydrogen-bond donors (Lipinski definition) is 1. The molecule has 37 heavy (non-hydrogen) atoms. The van der Waals surface area contributed by atoms with Crippen LogP contribution in [0.15, 0.2) is 41.3 Å². The molecule has 0 radical (unpaired) electrons. The number of likely N-dealkylation sites (N-methyl/N-ethyl adjacent to an activating group) is 1. The first-order valence-electron chi connectivity index (χ1n) is 13.1. The van der Waals surface area contributed by atoms with Crippen molar-refractivity contribution in [1.82, 2.24) is 20.1 Å². The van der Waals surface area contributed by atoms with Crippen molar-refractivity contribution >= 4 is 29.0 Å². The largest absolute Gasteiger partial charge is 0.340 e. The van der Waals surface area contributed by atoms with Crippen LogP contribution in [0.25, 0.3) is 0 Å². The normalized spacial score (nSPS) is 16.2. The average Bonchev–Trinajstić information content (AvgIpc) is 3.42. The number of carbonyl (C=O) groups excluding carboxylic acids is 2. The van der Waals surface area contributed by atoms with Gasteiger partial charge in [0.2, 0.25) is 0 Å². The third-order valence-electron chi connectivity index (χ3n) is 7.21. The number of hydrogen-bond acceptors (Lipinski definition) is 6. The van der Waals surface area contributed by atoms with Crippen molar-refractivity contribution in [2.45, 2.75) is 57.3 Å². The zero-order valence-corrected chi connectivity index (χ0v) is 22.2. The molecule has 0 spiro atoms. The highest BCUT2D eigenvalue weighted by atomic mass is 32.1. The molecule has 1 saturated heterocycles. The third-order valence-corrected chi connectivity index (χ3v) is 8.22. The Morgan fingerprint density at radius 3 is 2.62 bits per heavy atom. The summed E-state index contributed by atoms with van der Waals surface area (Å²) in [4.78, 5) is 44.0. The molecular weight excluding hydrogens is 490 g/mol. The maximum atomic E-state index is 12.9. The van der Waals surface area contributed by atoms with Crippen molar-refractivity contribution in [2.24, 2.45) is 0 Å². The van der Waals surface area contributed by atoms with Crippen molar-refractivity contribution in [3.8, 4) is 0 Å². The molecule has 0 atom stereocenters. The molecule has 1 fully saturated rings. The van der Waals surface area contributed by atoms with Gasteiger partial charge in [0.05, 0.1) is 9.93 Å². The Balaban J connectivity index is 1.20. The number of piperidine rings is 1. The summed E-state index contributed by atoms with van der Waals surface area (Å²) in [5.74, 6) is 0.128. The number of carbonyl (C=O) groups is 2. The first-order chi connectivity index (χ1) is 17.9. The quantitative estimate of drug-likeness (QED) is 0.277. The van der Waals surface area contributed by atoms with E-state index in [0.717, 1.165) is 36.3 Å². The van der Waals surface area contributed by atoms with E-state index in [2.05, 4.69) is 16.4 Å². The van der Waals surface area contributed by atoms with Gasteiger partial charge in [-0.1, -0.05) is 23.8 Å². The lowest BCUT2D eigenvalue weighted by atomic mass is 9.97. The molecule has 4 rings (SSSR count). The molecule has 1 aliphatic heterocycles. The van der Waals surface area contributed by atoms with Crippen LogP contribution in [0.4, 0.5) is 10.5 Å². The zero-order chi connectivity index (χ0) is 26.2. The van der Waals surface area contributed by atoms with Crippen LogP contribution < -0.4 is 5.32 Å². The van der Waals surface area contributed by atoms with Gasteiger partial charge in [0.1, 0.15) is 5.69 Å². The molecule has 0 saturated carbocycles. The fourth-order valence-electron chi connectivity index (χ4n) is 4.85. The van der Waals surface area contributed by atoms with Gasteiger partial charge in [0.25, 0.3) is 11.6 Å². The van der Waals surface area contributed by atoms with Crippen LogP contribution in [-0.2, 0) is 6.42 Å². The Morgan fingerprint density at radius 2 is 1.95 bits per heavy atom. The number of allylic oxidation sites excluding steroid dienone is 1. The zero-order valence-electron chi connectivity index (χ0n) is 21.4. The number of nitrogens with one attached hydrogen (secondary N) is 1. The number of rotatable bonds is 9. The van der Waals surface area contributed by atoms with Gasteiger partial charge in [-0.2, -0.15) is 0 Å². The minimum Gasteiger partial charge on any atom is -0.340 e. The second-order valence-electron chi connectivity index (χ2n) is 9.82. The van der Waals surface area contributed by atoms with Crippen molar-refractivity contribution in [1.29, 1.82) is 0 Å². The van der Waals surface area contributed by atoms with Crippen molar-refractivity contribution in [3.63, 3.8) is 0 Å². The number of likely N-dealkylation sites (tertiary alicyclic amines) is 1. The number of nitro benzene ring substituents is 1. The molecule has 1 N–H and O–H groups in total. The van der Waals surface area contributed by atoms with E-state index in [0.29, 0.717) is 38.3 Å². The maximum absolute atomic E-state index is 12.9. The van der Waals surface area contributed by atoms with E-state index in [1.165, 1.54) is 48.3 Å². The molecule has 198 valence electrons. The van der Waals surface area contributed by atoms with Gasteiger partial charge in [-0.15, -0.1) is 11.3 Å². The number of thiazole rings is 1. The topological polar surface area (TPSA) is 109 Å². The van der Waals surface area contributed by atoms with E-state index < -0.39 is 4.92 Å². The Bertz CT molecular complexity index is 1120. The first-order valence-corrected chi connectivity index (χ1v) is 13.9. The van der Waals surface area contributed by atoms with E-state index in [4.69, 9.17) is 0 Å². The molecule has 0 unspecified atom stereocenters. The highest BCUT2D eigenvalue weighted by Crippen LogP contribution is 2.30. The van der Waals surface area contributed by atoms with Crippen molar-refractivity contribution in [3.05, 3.63) is 67.7 Å². The van der Waals surface area contributed by atoms with E-state index in [1.807, 2.05) is 10.3 Å². The maximum Gasteiger partial charge on any atom is 0.317 e. The lowest BCUT2D eigenvalue weighted by Crippen LogP contribution is -2.44. The lowest BCUT2D eigenvalue weighted by Gasteiger charge is -2.31. The predicted molar refractivity (Wildman–Crippen MR) is 144 cm³/mol. The second kappa shape index (κ2) is 12.8. The van der Waals surface area contributed by atoms with Gasteiger partial charge in [0, 0.05) is 56.7 Å². The molecule has 1 aromatic carbocycles. The highest BCUT2D eigenvalue weighted by Gasteiger charge is 2.27. The van der Waals surface area contributed by atoms with Crippen molar-refractivity contribution < 1.29 is 14.5 Å². The minimum absolute atomic E-state index is 0.0134. The van der Waals surface area contributed by atoms with E-state index in [1.54, 1.807) is 24.1 Å². The number of urea groups is 1. The molecule has 1 aromatic heterocycles. The number of aromatic nitrogens is 1. The molecule has 2 aromatic rings. The smallest absolute Gasteiger partial charge is 0.317 e. The summed E-state index contributed by atoms with van der Waals surface area (Å²) in [5, 5.41) is 16.6. The minimum atomic E-state index is -0.422. The van der Waals surface area contributed by atoms with Gasteiger partial charge >= 0.3 is 6.03 Å². The number of amides is 3. The Morgan fingerprint density at radius 1 is 1.19 bits per heavy atom. The molecule has 3 amide bonds. The molecule has 0 bridgehead atoms. The van der Waals surface area contributed by atoms with Crippen LogP contribution in [0.1, 0.15) is 71.9 Å². The van der Waals surface area contributed by atoms with Gasteiger partial charge in [-0.3, -0.25) is 14.9 Å². The molecule has 2 heterocycles. The Kier molecular flexibility index (Phi) is 9.27. The van der Waals surface area contributed by atoms with Gasteiger partial charge in [-0.25, -0.2) is 9.78 Å². The first kappa shape index (κ1) is 26.8. The monoisotopic (exact) mass is 525 g/mol. The average molecular weight is 526 g/mol. The van der Waals surface area contributed by atoms with Crippen LogP contribution in [-0.4, -0.2) is 64.9 Å². The number of nitro groups is 1. The van der Waals surface area contributed by atoms with Gasteiger partial charge < -0.3 is 15.1 Å². The summed E-state index contributed by atoms with van der Waals surface area (Å²) in [6.45, 7) is 2.57. The fraction of sp³-hybridized carbons (Fsp3) is 0.519. The molecule has 1 aliphatic carbocycles. The van der Waals surface area contributed by atoms with Gasteiger partial charge in [-0.05, 0) is 56.9 Å². The molecule has 9 nitrogen and oxygen atoms in total. The Hall–Kier alpha value is -3.27. The van der Waals surface area contributed by atoms with Crippen LogP contribution >= 0.6 is 11.3 Å². The predicted octanol–water partition coefficient (Wildman–Crippen LogP) is 5.15. The number of benzene rings is 1. The van der Waals surface area contributed by atoms with E-state index in [-0.39, 0.29) is 23.5 Å². The highest BCUT2D eigenvalue weighted by molar-refractivity contribution is 7.09. The standard InChI is InChI=1S/C27H35N5O4S/c1-30(16-12-21-7-9-23(10-8-21)32(35)36)26(33)24-19-37-25(29-24)22-13-17-31(18-14-22)27(34)28-15-11-20-5-3-2-4-6-20/h5,7-10,19,22H,2-4,6,11-18H2,1H3,(H,28,34). The Labute approximate surface area is 221 Å². The van der Waals surface area contributed by atoms with Crippen LogP contribution in [0, 0.1) is 10.1 Å². The van der Waals surface area contributed by atoms with Crippen LogP contribution in [0.3, 0.4) is 0 Å². The summed E-state index contributed by atoms with van der Waals surface area (Å²) in [6, 6.07) is 6.42. The number of non-ortho nitro benzene ring substituents is 1. The summed E-state index contributed by atoms with van der Waals surface area (Å²) < 4.78 is 0. The third kappa shape index (κ3) is 7.38.